The zero-order valence-corrected chi connectivity index (χ0v) is 15.3. The summed E-state index contributed by atoms with van der Waals surface area (Å²) in [6.45, 7) is 9.87. The molecule has 0 heterocycles. The second-order valence-corrected chi connectivity index (χ2v) is 9.73. The highest BCUT2D eigenvalue weighted by Crippen LogP contribution is 2.70. The van der Waals surface area contributed by atoms with E-state index in [0.717, 1.165) is 0 Å². The molecule has 2 bridgehead atoms. The maximum Gasteiger partial charge on any atom is 0.170 e. The highest BCUT2D eigenvalue weighted by molar-refractivity contribution is 6.04. The average molecular weight is 350 g/mol. The van der Waals surface area contributed by atoms with Crippen molar-refractivity contribution in [1.82, 2.24) is 0 Å². The Morgan fingerprint density at radius 1 is 0.920 bits per heavy atom. The van der Waals surface area contributed by atoms with E-state index < -0.39 is 40.7 Å². The quantitative estimate of drug-likeness (QED) is 0.489. The lowest BCUT2D eigenvalue weighted by atomic mass is 9.38. The third-order valence-electron chi connectivity index (χ3n) is 8.78. The fourth-order valence-electron chi connectivity index (χ4n) is 7.28. The second kappa shape index (κ2) is 4.94. The minimum Gasteiger partial charge on any atom is -0.392 e. The van der Waals surface area contributed by atoms with Gasteiger partial charge in [0.15, 0.2) is 5.78 Å². The van der Waals surface area contributed by atoms with E-state index in [9.17, 15) is 25.2 Å². The fourth-order valence-corrected chi connectivity index (χ4v) is 7.28. The van der Waals surface area contributed by atoms with E-state index in [4.69, 9.17) is 0 Å². The van der Waals surface area contributed by atoms with Crippen LogP contribution in [0.15, 0.2) is 12.2 Å². The van der Waals surface area contributed by atoms with Gasteiger partial charge in [-0.25, -0.2) is 0 Å². The molecule has 4 aliphatic rings. The van der Waals surface area contributed by atoms with Crippen LogP contribution in [-0.2, 0) is 4.79 Å². The van der Waals surface area contributed by atoms with E-state index in [1.54, 1.807) is 0 Å². The smallest absolute Gasteiger partial charge is 0.170 e. The molecular weight excluding hydrogens is 320 g/mol. The molecule has 1 spiro atoms. The summed E-state index contributed by atoms with van der Waals surface area (Å²) in [6, 6.07) is 0. The zero-order chi connectivity index (χ0) is 18.5. The lowest BCUT2D eigenvalue weighted by Crippen LogP contribution is -2.71. The standard InChI is InChI=1S/C20H30O5/c1-9-10-5-6-11-19(4)12(18(2,3)13(21)8-14(19)22)7-15(23)20(11,16(9)24)17(10)25/h10-15,17,21-23,25H,1,5-8H2,2-4H3/t10-,11-,12+,13-,14-,15+,17+,19-,20-/m0/s1. The van der Waals surface area contributed by atoms with Gasteiger partial charge in [-0.2, -0.15) is 0 Å². The van der Waals surface area contributed by atoms with Crippen LogP contribution in [0, 0.1) is 34.0 Å². The molecule has 5 nitrogen and oxygen atoms in total. The van der Waals surface area contributed by atoms with Gasteiger partial charge in [-0.05, 0) is 42.1 Å². The van der Waals surface area contributed by atoms with Crippen LogP contribution in [0.2, 0.25) is 0 Å². The number of Topliss-reactive ketones (excluding diaryl/α,β-unsaturated/α-hetero) is 1. The largest absolute Gasteiger partial charge is 0.392 e. The molecule has 9 atom stereocenters. The number of ketones is 1. The van der Waals surface area contributed by atoms with Gasteiger partial charge in [0.25, 0.3) is 0 Å². The van der Waals surface area contributed by atoms with E-state index >= 15 is 0 Å². The van der Waals surface area contributed by atoms with Crippen LogP contribution in [0.1, 0.15) is 46.5 Å². The molecule has 0 saturated heterocycles. The number of hydrogen-bond donors (Lipinski definition) is 4. The first-order chi connectivity index (χ1) is 11.5. The zero-order valence-electron chi connectivity index (χ0n) is 15.3. The van der Waals surface area contributed by atoms with Crippen LogP contribution in [0.5, 0.6) is 0 Å². The average Bonchev–Trinajstić information content (AvgIpc) is 2.65. The number of carbonyl (C=O) groups excluding carboxylic acids is 1. The molecule has 0 radical (unpaired) electrons. The van der Waals surface area contributed by atoms with Crippen LogP contribution in [0.25, 0.3) is 0 Å². The highest BCUT2D eigenvalue weighted by Gasteiger charge is 2.75. The SMILES string of the molecule is C=C1C(=O)[C@@]23[C@H](O)C[C@@H]4C(C)(C)[C@@H](O)C[C@H](O)[C@@]4(C)[C@@H]2CC[C@@H]1[C@H]3O. The van der Waals surface area contributed by atoms with Gasteiger partial charge in [0.2, 0.25) is 0 Å². The molecule has 4 N–H and O–H groups in total. The Morgan fingerprint density at radius 2 is 1.56 bits per heavy atom. The summed E-state index contributed by atoms with van der Waals surface area (Å²) in [5, 5.41) is 43.7. The molecule has 0 aromatic carbocycles. The lowest BCUT2D eigenvalue weighted by Gasteiger charge is -2.67. The minimum absolute atomic E-state index is 0.130. The normalized spacial score (nSPS) is 57.2. The minimum atomic E-state index is -1.25. The molecule has 4 saturated carbocycles. The Kier molecular flexibility index (Phi) is 3.49. The van der Waals surface area contributed by atoms with Gasteiger partial charge in [-0.3, -0.25) is 4.79 Å². The first-order valence-corrected chi connectivity index (χ1v) is 9.47. The van der Waals surface area contributed by atoms with Crippen molar-refractivity contribution in [2.75, 3.05) is 0 Å². The molecule has 4 rings (SSSR count). The number of fused-ring (bicyclic) bond motifs is 3. The molecule has 25 heavy (non-hydrogen) atoms. The summed E-state index contributed by atoms with van der Waals surface area (Å²) in [6.07, 6.45) is -1.42. The van der Waals surface area contributed by atoms with E-state index in [0.29, 0.717) is 24.8 Å². The van der Waals surface area contributed by atoms with Gasteiger partial charge in [0.05, 0.1) is 29.8 Å². The number of carbonyl (C=O) groups is 1. The predicted octanol–water partition coefficient (Wildman–Crippen LogP) is 1.04. The van der Waals surface area contributed by atoms with Gasteiger partial charge in [-0.15, -0.1) is 0 Å². The van der Waals surface area contributed by atoms with Gasteiger partial charge < -0.3 is 20.4 Å². The lowest BCUT2D eigenvalue weighted by molar-refractivity contribution is -0.268. The molecule has 5 heteroatoms. The molecule has 0 unspecified atom stereocenters. The summed E-state index contributed by atoms with van der Waals surface area (Å²) in [7, 11) is 0. The summed E-state index contributed by atoms with van der Waals surface area (Å²) in [5.41, 5.74) is -1.92. The first-order valence-electron chi connectivity index (χ1n) is 9.47. The van der Waals surface area contributed by atoms with Crippen molar-refractivity contribution in [1.29, 1.82) is 0 Å². The molecule has 4 fully saturated rings. The second-order valence-electron chi connectivity index (χ2n) is 9.73. The Labute approximate surface area is 148 Å². The van der Waals surface area contributed by atoms with Crippen molar-refractivity contribution in [3.05, 3.63) is 12.2 Å². The van der Waals surface area contributed by atoms with E-state index in [1.807, 2.05) is 20.8 Å². The maximum absolute atomic E-state index is 13.2. The summed E-state index contributed by atoms with van der Waals surface area (Å²) >= 11 is 0. The van der Waals surface area contributed by atoms with Crippen molar-refractivity contribution in [2.24, 2.45) is 34.0 Å². The molecule has 0 aliphatic heterocycles. The third-order valence-corrected chi connectivity index (χ3v) is 8.78. The van der Waals surface area contributed by atoms with Gasteiger partial charge in [-0.1, -0.05) is 27.4 Å². The van der Waals surface area contributed by atoms with E-state index in [1.165, 1.54) is 0 Å². The summed E-state index contributed by atoms with van der Waals surface area (Å²) in [5.74, 6) is -0.933. The topological polar surface area (TPSA) is 98.0 Å². The van der Waals surface area contributed by atoms with Crippen LogP contribution < -0.4 is 0 Å². The fraction of sp³-hybridized carbons (Fsp3) is 0.850. The summed E-state index contributed by atoms with van der Waals surface area (Å²) in [4.78, 5) is 13.2. The number of rotatable bonds is 0. The van der Waals surface area contributed by atoms with Crippen molar-refractivity contribution in [3.63, 3.8) is 0 Å². The monoisotopic (exact) mass is 350 g/mol. The van der Waals surface area contributed by atoms with Crippen LogP contribution in [0.4, 0.5) is 0 Å². The van der Waals surface area contributed by atoms with Crippen LogP contribution >= 0.6 is 0 Å². The maximum atomic E-state index is 13.2. The van der Waals surface area contributed by atoms with Crippen LogP contribution in [-0.4, -0.2) is 50.6 Å². The van der Waals surface area contributed by atoms with Gasteiger partial charge >= 0.3 is 0 Å². The van der Waals surface area contributed by atoms with Crippen molar-refractivity contribution < 1.29 is 25.2 Å². The number of aliphatic hydroxyl groups is 4. The predicted molar refractivity (Wildman–Crippen MR) is 91.4 cm³/mol. The Bertz CT molecular complexity index is 642. The summed E-state index contributed by atoms with van der Waals surface area (Å²) < 4.78 is 0. The van der Waals surface area contributed by atoms with Gasteiger partial charge in [0.1, 0.15) is 0 Å². The highest BCUT2D eigenvalue weighted by atomic mass is 16.3. The molecule has 0 aromatic heterocycles. The molecular formula is C20H30O5. The third kappa shape index (κ3) is 1.71. The molecule has 140 valence electrons. The number of hydrogen-bond acceptors (Lipinski definition) is 5. The van der Waals surface area contributed by atoms with Crippen molar-refractivity contribution in [3.8, 4) is 0 Å². The Hall–Kier alpha value is -0.750. The Morgan fingerprint density at radius 3 is 2.20 bits per heavy atom. The molecule has 0 amide bonds. The van der Waals surface area contributed by atoms with Crippen LogP contribution in [0.3, 0.4) is 0 Å². The van der Waals surface area contributed by atoms with E-state index in [-0.39, 0.29) is 30.0 Å². The molecule has 0 aromatic rings. The van der Waals surface area contributed by atoms with Crippen molar-refractivity contribution >= 4 is 5.78 Å². The Balaban J connectivity index is 1.91. The number of aliphatic hydroxyl groups excluding tert-OH is 4. The van der Waals surface area contributed by atoms with Crippen molar-refractivity contribution in [2.45, 2.75) is 70.9 Å². The van der Waals surface area contributed by atoms with Gasteiger partial charge in [0, 0.05) is 17.8 Å². The first kappa shape index (κ1) is 17.7. The van der Waals surface area contributed by atoms with E-state index in [2.05, 4.69) is 6.58 Å². The molecule has 4 aliphatic carbocycles.